The standard InChI is InChI=1S/C12H12Br2ClNO/c13-9-5-4-7(15)6-8(9)12(17)16-11-3-1-2-10(11)14/h4-6,10-11H,1-3H2,(H,16,17). The quantitative estimate of drug-likeness (QED) is 0.766. The van der Waals surface area contributed by atoms with E-state index in [4.69, 9.17) is 11.6 Å². The predicted molar refractivity (Wildman–Crippen MR) is 77.0 cm³/mol. The summed E-state index contributed by atoms with van der Waals surface area (Å²) in [6, 6.07) is 5.44. The number of carbonyl (C=O) groups excluding carboxylic acids is 1. The van der Waals surface area contributed by atoms with E-state index >= 15 is 0 Å². The van der Waals surface area contributed by atoms with Crippen molar-refractivity contribution >= 4 is 49.4 Å². The van der Waals surface area contributed by atoms with Gasteiger partial charge < -0.3 is 5.32 Å². The van der Waals surface area contributed by atoms with Crippen molar-refractivity contribution in [3.8, 4) is 0 Å². The second kappa shape index (κ2) is 5.72. The molecule has 0 spiro atoms. The van der Waals surface area contributed by atoms with Gasteiger partial charge in [-0.25, -0.2) is 0 Å². The normalized spacial score (nSPS) is 23.7. The van der Waals surface area contributed by atoms with Crippen LogP contribution >= 0.6 is 43.5 Å². The van der Waals surface area contributed by atoms with Gasteiger partial charge in [0.25, 0.3) is 5.91 Å². The van der Waals surface area contributed by atoms with Crippen molar-refractivity contribution in [2.75, 3.05) is 0 Å². The summed E-state index contributed by atoms with van der Waals surface area (Å²) in [7, 11) is 0. The molecule has 5 heteroatoms. The Morgan fingerprint density at radius 1 is 1.41 bits per heavy atom. The Bertz CT molecular complexity index is 439. The van der Waals surface area contributed by atoms with Gasteiger partial charge >= 0.3 is 0 Å². The van der Waals surface area contributed by atoms with E-state index in [-0.39, 0.29) is 11.9 Å². The number of nitrogens with one attached hydrogen (secondary N) is 1. The first-order valence-electron chi connectivity index (χ1n) is 5.48. The third-order valence-electron chi connectivity index (χ3n) is 2.92. The number of benzene rings is 1. The highest BCUT2D eigenvalue weighted by Crippen LogP contribution is 2.27. The topological polar surface area (TPSA) is 29.1 Å². The minimum Gasteiger partial charge on any atom is -0.348 e. The molecule has 1 saturated carbocycles. The minimum absolute atomic E-state index is 0.0734. The second-order valence-corrected chi connectivity index (χ2v) is 6.62. The summed E-state index contributed by atoms with van der Waals surface area (Å²) >= 11 is 12.8. The summed E-state index contributed by atoms with van der Waals surface area (Å²) in [5, 5.41) is 3.61. The highest BCUT2D eigenvalue weighted by atomic mass is 79.9. The fourth-order valence-electron chi connectivity index (χ4n) is 2.00. The van der Waals surface area contributed by atoms with Gasteiger partial charge in [-0.1, -0.05) is 34.0 Å². The van der Waals surface area contributed by atoms with Crippen LogP contribution < -0.4 is 5.32 Å². The lowest BCUT2D eigenvalue weighted by Gasteiger charge is -2.16. The smallest absolute Gasteiger partial charge is 0.252 e. The molecule has 1 aromatic rings. The highest BCUT2D eigenvalue weighted by molar-refractivity contribution is 9.10. The molecule has 0 bridgehead atoms. The Balaban J connectivity index is 2.11. The van der Waals surface area contributed by atoms with Gasteiger partial charge in [0, 0.05) is 20.4 Å². The fourth-order valence-corrected chi connectivity index (χ4v) is 3.31. The van der Waals surface area contributed by atoms with E-state index < -0.39 is 0 Å². The summed E-state index contributed by atoms with van der Waals surface area (Å²) in [6.45, 7) is 0. The Labute approximate surface area is 122 Å². The monoisotopic (exact) mass is 379 g/mol. The summed E-state index contributed by atoms with van der Waals surface area (Å²) < 4.78 is 0.767. The minimum atomic E-state index is -0.0734. The van der Waals surface area contributed by atoms with Crippen LogP contribution in [0.25, 0.3) is 0 Å². The zero-order chi connectivity index (χ0) is 12.4. The van der Waals surface area contributed by atoms with E-state index in [9.17, 15) is 4.79 Å². The van der Waals surface area contributed by atoms with Gasteiger partial charge in [0.05, 0.1) is 5.56 Å². The summed E-state index contributed by atoms with van der Waals surface area (Å²) in [5.74, 6) is -0.0734. The van der Waals surface area contributed by atoms with Crippen LogP contribution in [0.4, 0.5) is 0 Å². The van der Waals surface area contributed by atoms with E-state index in [1.807, 2.05) is 0 Å². The van der Waals surface area contributed by atoms with Gasteiger partial charge in [-0.3, -0.25) is 4.79 Å². The van der Waals surface area contributed by atoms with Gasteiger partial charge in [-0.2, -0.15) is 0 Å². The predicted octanol–water partition coefficient (Wildman–Crippen LogP) is 4.15. The number of halogens is 3. The van der Waals surface area contributed by atoms with Gasteiger partial charge in [0.1, 0.15) is 0 Å². The number of alkyl halides is 1. The number of amides is 1. The third-order valence-corrected chi connectivity index (χ3v) is 4.94. The van der Waals surface area contributed by atoms with E-state index in [1.165, 1.54) is 0 Å². The molecular weight excluding hydrogens is 369 g/mol. The van der Waals surface area contributed by atoms with Crippen molar-refractivity contribution in [2.24, 2.45) is 0 Å². The molecule has 2 nitrogen and oxygen atoms in total. The molecule has 0 aliphatic heterocycles. The Morgan fingerprint density at radius 3 is 2.82 bits per heavy atom. The van der Waals surface area contributed by atoms with Gasteiger partial charge in [-0.15, -0.1) is 0 Å². The zero-order valence-electron chi connectivity index (χ0n) is 9.05. The van der Waals surface area contributed by atoms with Crippen molar-refractivity contribution < 1.29 is 4.79 Å². The van der Waals surface area contributed by atoms with Crippen molar-refractivity contribution in [1.82, 2.24) is 5.32 Å². The maximum absolute atomic E-state index is 12.1. The fraction of sp³-hybridized carbons (Fsp3) is 0.417. The van der Waals surface area contributed by atoms with E-state index in [1.54, 1.807) is 18.2 Å². The number of rotatable bonds is 2. The molecule has 0 heterocycles. The van der Waals surface area contributed by atoms with Crippen molar-refractivity contribution in [1.29, 1.82) is 0 Å². The van der Waals surface area contributed by atoms with Gasteiger partial charge in [-0.05, 0) is 47.0 Å². The summed E-state index contributed by atoms with van der Waals surface area (Å²) in [5.41, 5.74) is 0.587. The van der Waals surface area contributed by atoms with Crippen LogP contribution in [0.5, 0.6) is 0 Å². The van der Waals surface area contributed by atoms with Gasteiger partial charge in [0.2, 0.25) is 0 Å². The van der Waals surface area contributed by atoms with E-state index in [0.717, 1.165) is 23.7 Å². The largest absolute Gasteiger partial charge is 0.348 e. The molecule has 1 fully saturated rings. The molecule has 2 unspecified atom stereocenters. The second-order valence-electron chi connectivity index (χ2n) is 4.15. The lowest BCUT2D eigenvalue weighted by Crippen LogP contribution is -2.37. The molecule has 1 aromatic carbocycles. The van der Waals surface area contributed by atoms with E-state index in [2.05, 4.69) is 37.2 Å². The summed E-state index contributed by atoms with van der Waals surface area (Å²) in [6.07, 6.45) is 3.29. The first-order chi connectivity index (χ1) is 8.08. The van der Waals surface area contributed by atoms with Crippen LogP contribution in [0.3, 0.4) is 0 Å². The van der Waals surface area contributed by atoms with Crippen LogP contribution in [0.15, 0.2) is 22.7 Å². The molecular formula is C12H12Br2ClNO. The summed E-state index contributed by atoms with van der Waals surface area (Å²) in [4.78, 5) is 12.5. The zero-order valence-corrected chi connectivity index (χ0v) is 13.0. The molecule has 92 valence electrons. The van der Waals surface area contributed by atoms with Crippen molar-refractivity contribution in [2.45, 2.75) is 30.1 Å². The van der Waals surface area contributed by atoms with Gasteiger partial charge in [0.15, 0.2) is 0 Å². The molecule has 0 saturated heterocycles. The highest BCUT2D eigenvalue weighted by Gasteiger charge is 2.27. The Kier molecular flexibility index (Phi) is 4.50. The van der Waals surface area contributed by atoms with Crippen LogP contribution in [-0.2, 0) is 0 Å². The molecule has 0 aromatic heterocycles. The van der Waals surface area contributed by atoms with Crippen molar-refractivity contribution in [3.05, 3.63) is 33.3 Å². The van der Waals surface area contributed by atoms with Crippen LogP contribution in [0, 0.1) is 0 Å². The molecule has 1 N–H and O–H groups in total. The maximum Gasteiger partial charge on any atom is 0.252 e. The number of carbonyl (C=O) groups is 1. The molecule has 2 atom stereocenters. The molecule has 17 heavy (non-hydrogen) atoms. The first kappa shape index (κ1) is 13.4. The average molecular weight is 381 g/mol. The molecule has 1 aliphatic carbocycles. The first-order valence-corrected chi connectivity index (χ1v) is 7.56. The van der Waals surface area contributed by atoms with Crippen molar-refractivity contribution in [3.63, 3.8) is 0 Å². The lowest BCUT2D eigenvalue weighted by atomic mass is 10.2. The Morgan fingerprint density at radius 2 is 2.18 bits per heavy atom. The Hall–Kier alpha value is -0.0600. The van der Waals surface area contributed by atoms with E-state index in [0.29, 0.717) is 15.4 Å². The SMILES string of the molecule is O=C(NC1CCCC1Br)c1cc(Cl)ccc1Br. The molecule has 1 aliphatic rings. The lowest BCUT2D eigenvalue weighted by molar-refractivity contribution is 0.0938. The average Bonchev–Trinajstić information content (AvgIpc) is 2.68. The van der Waals surface area contributed by atoms with Crippen LogP contribution in [0.1, 0.15) is 29.6 Å². The third kappa shape index (κ3) is 3.24. The molecule has 2 rings (SSSR count). The van der Waals surface area contributed by atoms with Crippen LogP contribution in [-0.4, -0.2) is 16.8 Å². The van der Waals surface area contributed by atoms with Crippen LogP contribution in [0.2, 0.25) is 5.02 Å². The molecule has 1 amide bonds. The molecule has 0 radical (unpaired) electrons. The number of hydrogen-bond acceptors (Lipinski definition) is 1. The number of hydrogen-bond donors (Lipinski definition) is 1. The maximum atomic E-state index is 12.1.